The lowest BCUT2D eigenvalue weighted by Crippen LogP contribution is -2.27. The summed E-state index contributed by atoms with van der Waals surface area (Å²) >= 11 is 0. The average molecular weight is 332 g/mol. The van der Waals surface area contributed by atoms with Gasteiger partial charge in [0.25, 0.3) is 0 Å². The zero-order valence-corrected chi connectivity index (χ0v) is 14.4. The normalized spacial score (nSPS) is 15.0. The van der Waals surface area contributed by atoms with Crippen molar-refractivity contribution in [3.05, 3.63) is 70.3 Å². The first kappa shape index (κ1) is 17.0. The van der Waals surface area contributed by atoms with Crippen molar-refractivity contribution in [2.45, 2.75) is 38.5 Å². The van der Waals surface area contributed by atoms with E-state index in [-0.39, 0.29) is 17.6 Å². The molecule has 0 bridgehead atoms. The van der Waals surface area contributed by atoms with E-state index < -0.39 is 5.97 Å². The van der Waals surface area contributed by atoms with Crippen LogP contribution in [0.2, 0.25) is 0 Å². The second-order valence-electron chi connectivity index (χ2n) is 7.08. The molecule has 2 aromatic carbocycles. The molecule has 0 amide bonds. The van der Waals surface area contributed by atoms with Crippen LogP contribution in [0.4, 0.5) is 0 Å². The molecule has 0 heterocycles. The van der Waals surface area contributed by atoms with Gasteiger partial charge in [0, 0.05) is 23.1 Å². The van der Waals surface area contributed by atoms with E-state index in [1.165, 1.54) is 0 Å². The number of fused-ring (bicyclic) bond motifs is 1. The van der Waals surface area contributed by atoms with Gasteiger partial charge in [-0.05, 0) is 53.3 Å². The number of Topliss-reactive ketones (excluding diaryl/α,β-unsaturated/α-hetero) is 1. The van der Waals surface area contributed by atoms with E-state index in [0.29, 0.717) is 6.42 Å². The first-order chi connectivity index (χ1) is 11.8. The maximum absolute atomic E-state index is 12.1. The SMILES string of the molecule is CC1(C)CCC(=O)c2ccc(C#Cc3ccc(CC(=O)O)cc3)cc21. The van der Waals surface area contributed by atoms with Gasteiger partial charge in [0.1, 0.15) is 0 Å². The molecular weight excluding hydrogens is 312 g/mol. The molecule has 1 aliphatic carbocycles. The molecule has 2 aromatic rings. The second kappa shape index (κ2) is 6.57. The van der Waals surface area contributed by atoms with Gasteiger partial charge >= 0.3 is 5.97 Å². The molecule has 1 aliphatic rings. The smallest absolute Gasteiger partial charge is 0.307 e. The first-order valence-corrected chi connectivity index (χ1v) is 8.36. The summed E-state index contributed by atoms with van der Waals surface area (Å²) in [6.45, 7) is 4.33. The Bertz CT molecular complexity index is 893. The predicted octanol–water partition coefficient (Wildman–Crippen LogP) is 3.97. The van der Waals surface area contributed by atoms with E-state index in [1.54, 1.807) is 12.1 Å². The molecule has 0 aromatic heterocycles. The van der Waals surface area contributed by atoms with Crippen LogP contribution >= 0.6 is 0 Å². The topological polar surface area (TPSA) is 54.4 Å². The molecule has 0 saturated carbocycles. The highest BCUT2D eigenvalue weighted by molar-refractivity contribution is 5.99. The van der Waals surface area contributed by atoms with Crippen LogP contribution in [-0.2, 0) is 16.6 Å². The Morgan fingerprint density at radius 2 is 1.72 bits per heavy atom. The van der Waals surface area contributed by atoms with Crippen LogP contribution in [0.1, 0.15) is 59.3 Å². The lowest BCUT2D eigenvalue weighted by Gasteiger charge is -2.31. The van der Waals surface area contributed by atoms with Crippen LogP contribution in [0.15, 0.2) is 42.5 Å². The summed E-state index contributed by atoms with van der Waals surface area (Å²) in [7, 11) is 0. The molecule has 0 atom stereocenters. The van der Waals surface area contributed by atoms with Gasteiger partial charge in [0.15, 0.2) is 5.78 Å². The van der Waals surface area contributed by atoms with E-state index in [9.17, 15) is 9.59 Å². The fourth-order valence-electron chi connectivity index (χ4n) is 3.15. The zero-order valence-electron chi connectivity index (χ0n) is 14.4. The maximum atomic E-state index is 12.1. The summed E-state index contributed by atoms with van der Waals surface area (Å²) in [6.07, 6.45) is 1.48. The molecule has 0 spiro atoms. The van der Waals surface area contributed by atoms with E-state index in [4.69, 9.17) is 5.11 Å². The maximum Gasteiger partial charge on any atom is 0.307 e. The Balaban J connectivity index is 1.86. The van der Waals surface area contributed by atoms with Crippen molar-refractivity contribution in [1.29, 1.82) is 0 Å². The number of ketones is 1. The molecule has 3 rings (SSSR count). The molecule has 25 heavy (non-hydrogen) atoms. The van der Waals surface area contributed by atoms with Crippen molar-refractivity contribution in [2.24, 2.45) is 0 Å². The number of carbonyl (C=O) groups is 2. The van der Waals surface area contributed by atoms with Gasteiger partial charge in [-0.2, -0.15) is 0 Å². The Kier molecular flexibility index (Phi) is 4.46. The van der Waals surface area contributed by atoms with Crippen LogP contribution in [-0.4, -0.2) is 16.9 Å². The van der Waals surface area contributed by atoms with Crippen LogP contribution in [0.3, 0.4) is 0 Å². The standard InChI is InChI=1S/C22H20O3/c1-22(2)12-11-20(23)18-10-9-16(13-19(18)22)6-3-15-4-7-17(8-5-15)14-21(24)25/h4-5,7-10,13H,11-12,14H2,1-2H3,(H,24,25). The van der Waals surface area contributed by atoms with E-state index >= 15 is 0 Å². The molecule has 0 aliphatic heterocycles. The number of rotatable bonds is 2. The number of carboxylic acids is 1. The van der Waals surface area contributed by atoms with Crippen LogP contribution in [0.5, 0.6) is 0 Å². The highest BCUT2D eigenvalue weighted by Crippen LogP contribution is 2.36. The highest BCUT2D eigenvalue weighted by Gasteiger charge is 2.31. The summed E-state index contributed by atoms with van der Waals surface area (Å²) in [4.78, 5) is 22.8. The lowest BCUT2D eigenvalue weighted by atomic mass is 9.72. The Morgan fingerprint density at radius 3 is 2.40 bits per heavy atom. The second-order valence-corrected chi connectivity index (χ2v) is 7.08. The van der Waals surface area contributed by atoms with Gasteiger partial charge < -0.3 is 5.11 Å². The average Bonchev–Trinajstić information content (AvgIpc) is 2.57. The zero-order chi connectivity index (χ0) is 18.0. The van der Waals surface area contributed by atoms with Crippen LogP contribution < -0.4 is 0 Å². The molecule has 0 saturated heterocycles. The van der Waals surface area contributed by atoms with Gasteiger partial charge in [-0.3, -0.25) is 9.59 Å². The van der Waals surface area contributed by atoms with Crippen molar-refractivity contribution in [3.63, 3.8) is 0 Å². The molecule has 3 nitrogen and oxygen atoms in total. The quantitative estimate of drug-likeness (QED) is 0.847. The van der Waals surface area contributed by atoms with Crippen LogP contribution in [0.25, 0.3) is 0 Å². The summed E-state index contributed by atoms with van der Waals surface area (Å²) in [5, 5.41) is 8.79. The highest BCUT2D eigenvalue weighted by atomic mass is 16.4. The monoisotopic (exact) mass is 332 g/mol. The van der Waals surface area contributed by atoms with Crippen molar-refractivity contribution >= 4 is 11.8 Å². The minimum Gasteiger partial charge on any atom is -0.481 e. The third-order valence-corrected chi connectivity index (χ3v) is 4.69. The molecule has 3 heteroatoms. The minimum absolute atomic E-state index is 0.0145. The summed E-state index contributed by atoms with van der Waals surface area (Å²) in [5.74, 6) is 5.62. The van der Waals surface area contributed by atoms with Crippen molar-refractivity contribution in [3.8, 4) is 11.8 Å². The third kappa shape index (κ3) is 3.80. The van der Waals surface area contributed by atoms with Crippen LogP contribution in [0, 0.1) is 11.8 Å². The summed E-state index contributed by atoms with van der Waals surface area (Å²) in [6, 6.07) is 13.0. The van der Waals surface area contributed by atoms with E-state index in [0.717, 1.165) is 34.2 Å². The molecule has 1 N–H and O–H groups in total. The molecule has 0 radical (unpaired) electrons. The number of hydrogen-bond donors (Lipinski definition) is 1. The first-order valence-electron chi connectivity index (χ1n) is 8.36. The summed E-state index contributed by atoms with van der Waals surface area (Å²) < 4.78 is 0. The molecular formula is C22H20O3. The predicted molar refractivity (Wildman–Crippen MR) is 96.8 cm³/mol. The van der Waals surface area contributed by atoms with Gasteiger partial charge in [-0.25, -0.2) is 0 Å². The van der Waals surface area contributed by atoms with E-state index in [2.05, 4.69) is 25.7 Å². The largest absolute Gasteiger partial charge is 0.481 e. The fraction of sp³-hybridized carbons (Fsp3) is 0.273. The van der Waals surface area contributed by atoms with Gasteiger partial charge in [0.2, 0.25) is 0 Å². The Morgan fingerprint density at radius 1 is 1.08 bits per heavy atom. The Labute approximate surface area is 147 Å². The van der Waals surface area contributed by atoms with Crippen molar-refractivity contribution < 1.29 is 14.7 Å². The van der Waals surface area contributed by atoms with Crippen molar-refractivity contribution in [2.75, 3.05) is 0 Å². The Hall–Kier alpha value is -2.86. The van der Waals surface area contributed by atoms with Crippen molar-refractivity contribution in [1.82, 2.24) is 0 Å². The summed E-state index contributed by atoms with van der Waals surface area (Å²) in [5.41, 5.74) is 4.36. The lowest BCUT2D eigenvalue weighted by molar-refractivity contribution is -0.136. The minimum atomic E-state index is -0.843. The molecule has 0 fully saturated rings. The van der Waals surface area contributed by atoms with Gasteiger partial charge in [-0.15, -0.1) is 0 Å². The third-order valence-electron chi connectivity index (χ3n) is 4.69. The number of carbonyl (C=O) groups excluding carboxylic acids is 1. The number of hydrogen-bond acceptors (Lipinski definition) is 2. The molecule has 0 unspecified atom stereocenters. The van der Waals surface area contributed by atoms with Gasteiger partial charge in [-0.1, -0.05) is 37.8 Å². The molecule has 126 valence electrons. The number of carboxylic acid groups (broad SMARTS) is 1. The fourth-order valence-corrected chi connectivity index (χ4v) is 3.15. The van der Waals surface area contributed by atoms with E-state index in [1.807, 2.05) is 30.3 Å². The number of aliphatic carboxylic acids is 1. The van der Waals surface area contributed by atoms with Gasteiger partial charge in [0.05, 0.1) is 6.42 Å². The number of benzene rings is 2.